The zero-order chi connectivity index (χ0) is 14.0. The first-order chi connectivity index (χ1) is 8.99. The van der Waals surface area contributed by atoms with Crippen LogP contribution in [0.1, 0.15) is 30.6 Å². The van der Waals surface area contributed by atoms with Gasteiger partial charge in [-0.3, -0.25) is 4.79 Å². The van der Waals surface area contributed by atoms with E-state index in [4.69, 9.17) is 0 Å². The molecule has 19 heavy (non-hydrogen) atoms. The number of hydrogen-bond acceptors (Lipinski definition) is 2. The molecule has 3 nitrogen and oxygen atoms in total. The van der Waals surface area contributed by atoms with Crippen molar-refractivity contribution in [3.05, 3.63) is 34.1 Å². The molecule has 0 bridgehead atoms. The van der Waals surface area contributed by atoms with E-state index in [9.17, 15) is 9.18 Å². The van der Waals surface area contributed by atoms with Crippen LogP contribution in [0.4, 0.5) is 4.39 Å². The van der Waals surface area contributed by atoms with Gasteiger partial charge in [0.25, 0.3) is 5.91 Å². The molecule has 5 heteroatoms. The van der Waals surface area contributed by atoms with Crippen LogP contribution in [-0.4, -0.2) is 24.5 Å². The molecule has 1 aromatic carbocycles. The second-order valence-electron chi connectivity index (χ2n) is 5.13. The van der Waals surface area contributed by atoms with Crippen molar-refractivity contribution in [2.45, 2.75) is 32.4 Å². The largest absolute Gasteiger partial charge is 0.347 e. The highest BCUT2D eigenvalue weighted by Gasteiger charge is 2.29. The Bertz CT molecular complexity index is 471. The maximum Gasteiger partial charge on any atom is 0.254 e. The Morgan fingerprint density at radius 2 is 2.21 bits per heavy atom. The Morgan fingerprint density at radius 3 is 2.89 bits per heavy atom. The van der Waals surface area contributed by atoms with Gasteiger partial charge in [-0.15, -0.1) is 0 Å². The predicted octanol–water partition coefficient (Wildman–Crippen LogP) is 2.70. The van der Waals surface area contributed by atoms with Gasteiger partial charge in [0.05, 0.1) is 5.56 Å². The van der Waals surface area contributed by atoms with Crippen molar-refractivity contribution in [2.24, 2.45) is 5.92 Å². The first-order valence-electron chi connectivity index (χ1n) is 6.48. The summed E-state index contributed by atoms with van der Waals surface area (Å²) >= 11 is 3.25. The molecule has 2 N–H and O–H groups in total. The van der Waals surface area contributed by atoms with Gasteiger partial charge < -0.3 is 10.6 Å². The Kier molecular flexibility index (Phi) is 4.58. The lowest BCUT2D eigenvalue weighted by Gasteiger charge is -2.36. The number of nitrogens with one attached hydrogen (secondary N) is 2. The molecule has 0 radical (unpaired) electrons. The van der Waals surface area contributed by atoms with Crippen molar-refractivity contribution in [3.63, 3.8) is 0 Å². The number of carbonyl (C=O) groups excluding carboxylic acids is 1. The molecule has 3 atom stereocenters. The van der Waals surface area contributed by atoms with Gasteiger partial charge in [0.15, 0.2) is 0 Å². The number of carbonyl (C=O) groups is 1. The van der Waals surface area contributed by atoms with Gasteiger partial charge in [-0.1, -0.05) is 22.9 Å². The van der Waals surface area contributed by atoms with Crippen LogP contribution in [0.25, 0.3) is 0 Å². The fraction of sp³-hybridized carbons (Fsp3) is 0.500. The molecule has 3 unspecified atom stereocenters. The summed E-state index contributed by atoms with van der Waals surface area (Å²) in [5, 5.41) is 6.27. The summed E-state index contributed by atoms with van der Waals surface area (Å²) in [4.78, 5) is 12.2. The summed E-state index contributed by atoms with van der Waals surface area (Å²) < 4.78 is 14.4. The molecule has 1 amide bonds. The highest BCUT2D eigenvalue weighted by Crippen LogP contribution is 2.19. The van der Waals surface area contributed by atoms with Gasteiger partial charge in [-0.25, -0.2) is 4.39 Å². The first-order valence-corrected chi connectivity index (χ1v) is 7.27. The molecule has 0 aliphatic carbocycles. The quantitative estimate of drug-likeness (QED) is 0.876. The van der Waals surface area contributed by atoms with E-state index in [2.05, 4.69) is 33.5 Å². The normalized spacial score (nSPS) is 27.1. The van der Waals surface area contributed by atoms with E-state index in [1.807, 2.05) is 6.92 Å². The molecule has 1 aliphatic heterocycles. The maximum absolute atomic E-state index is 13.7. The summed E-state index contributed by atoms with van der Waals surface area (Å²) in [7, 11) is 0. The Labute approximate surface area is 121 Å². The van der Waals surface area contributed by atoms with Crippen LogP contribution in [0.5, 0.6) is 0 Å². The lowest BCUT2D eigenvalue weighted by molar-refractivity contribution is 0.0893. The molecule has 1 saturated heterocycles. The molecule has 0 aromatic heterocycles. The zero-order valence-corrected chi connectivity index (χ0v) is 12.6. The van der Waals surface area contributed by atoms with Crippen LogP contribution >= 0.6 is 15.9 Å². The minimum Gasteiger partial charge on any atom is -0.347 e. The van der Waals surface area contributed by atoms with Crippen LogP contribution in [0.15, 0.2) is 22.7 Å². The number of halogens is 2. The topological polar surface area (TPSA) is 41.1 Å². The second kappa shape index (κ2) is 6.01. The third-order valence-electron chi connectivity index (χ3n) is 3.69. The highest BCUT2D eigenvalue weighted by molar-refractivity contribution is 9.10. The monoisotopic (exact) mass is 328 g/mol. The molecule has 1 fully saturated rings. The van der Waals surface area contributed by atoms with Crippen molar-refractivity contribution in [1.29, 1.82) is 0 Å². The van der Waals surface area contributed by atoms with Crippen LogP contribution < -0.4 is 10.6 Å². The summed E-state index contributed by atoms with van der Waals surface area (Å²) in [6, 6.07) is 4.61. The lowest BCUT2D eigenvalue weighted by atomic mass is 9.89. The van der Waals surface area contributed by atoms with Gasteiger partial charge in [-0.2, -0.15) is 0 Å². The van der Waals surface area contributed by atoms with Crippen LogP contribution in [0.2, 0.25) is 0 Å². The van der Waals surface area contributed by atoms with Crippen molar-refractivity contribution < 1.29 is 9.18 Å². The van der Waals surface area contributed by atoms with Gasteiger partial charge >= 0.3 is 0 Å². The smallest absolute Gasteiger partial charge is 0.254 e. The van der Waals surface area contributed by atoms with Gasteiger partial charge in [0.1, 0.15) is 5.82 Å². The number of benzene rings is 1. The van der Waals surface area contributed by atoms with Crippen molar-refractivity contribution >= 4 is 21.8 Å². The fourth-order valence-corrected chi connectivity index (χ4v) is 2.87. The molecule has 2 rings (SSSR count). The van der Waals surface area contributed by atoms with E-state index in [-0.39, 0.29) is 23.6 Å². The van der Waals surface area contributed by atoms with E-state index < -0.39 is 5.82 Å². The number of hydrogen-bond donors (Lipinski definition) is 2. The van der Waals surface area contributed by atoms with E-state index in [1.54, 1.807) is 6.07 Å². The van der Waals surface area contributed by atoms with Crippen LogP contribution in [0.3, 0.4) is 0 Å². The van der Waals surface area contributed by atoms with Gasteiger partial charge in [0, 0.05) is 16.6 Å². The maximum atomic E-state index is 13.7. The number of rotatable bonds is 2. The van der Waals surface area contributed by atoms with E-state index in [0.717, 1.165) is 13.0 Å². The number of piperidine rings is 1. The highest BCUT2D eigenvalue weighted by atomic mass is 79.9. The fourth-order valence-electron chi connectivity index (χ4n) is 2.51. The SMILES string of the molecule is CC1CCNC(C)C1NC(=O)c1cc(Br)ccc1F. The third-order valence-corrected chi connectivity index (χ3v) is 4.18. The first kappa shape index (κ1) is 14.5. The van der Waals surface area contributed by atoms with Crippen molar-refractivity contribution in [1.82, 2.24) is 10.6 Å². The van der Waals surface area contributed by atoms with Gasteiger partial charge in [-0.05, 0) is 44.0 Å². The van der Waals surface area contributed by atoms with E-state index >= 15 is 0 Å². The number of amides is 1. The lowest BCUT2D eigenvalue weighted by Crippen LogP contribution is -2.56. The minimum atomic E-state index is -0.496. The van der Waals surface area contributed by atoms with Crippen LogP contribution in [-0.2, 0) is 0 Å². The molecule has 1 aliphatic rings. The average Bonchev–Trinajstić information content (AvgIpc) is 2.37. The molecule has 1 heterocycles. The Hall–Kier alpha value is -0.940. The molecule has 0 spiro atoms. The molecule has 0 saturated carbocycles. The Morgan fingerprint density at radius 1 is 1.47 bits per heavy atom. The minimum absolute atomic E-state index is 0.0274. The van der Waals surface area contributed by atoms with Crippen LogP contribution in [0, 0.1) is 11.7 Å². The summed E-state index contributed by atoms with van der Waals surface area (Å²) in [5.41, 5.74) is 0.0827. The second-order valence-corrected chi connectivity index (χ2v) is 6.05. The zero-order valence-electron chi connectivity index (χ0n) is 11.0. The van der Waals surface area contributed by atoms with Crippen molar-refractivity contribution in [3.8, 4) is 0 Å². The Balaban J connectivity index is 2.14. The van der Waals surface area contributed by atoms with Gasteiger partial charge in [0.2, 0.25) is 0 Å². The van der Waals surface area contributed by atoms with Crippen molar-refractivity contribution in [2.75, 3.05) is 6.54 Å². The summed E-state index contributed by atoms with van der Waals surface area (Å²) in [6.45, 7) is 5.11. The third kappa shape index (κ3) is 3.34. The standard InChI is InChI=1S/C14H18BrFN2O/c1-8-5-6-17-9(2)13(8)18-14(19)11-7-10(15)3-4-12(11)16/h3-4,7-9,13,17H,5-6H2,1-2H3,(H,18,19). The average molecular weight is 329 g/mol. The molecular formula is C14H18BrFN2O. The molecule has 104 valence electrons. The summed E-state index contributed by atoms with van der Waals surface area (Å²) in [6.07, 6.45) is 1.01. The molecule has 1 aromatic rings. The predicted molar refractivity (Wildman–Crippen MR) is 76.6 cm³/mol. The molecular weight excluding hydrogens is 311 g/mol. The van der Waals surface area contributed by atoms with E-state index in [1.165, 1.54) is 12.1 Å². The van der Waals surface area contributed by atoms with E-state index in [0.29, 0.717) is 10.4 Å². The summed E-state index contributed by atoms with van der Waals surface area (Å²) in [5.74, 6) is -0.466.